The number of rotatable bonds is 18. The number of nitrogens with one attached hydrogen (secondary N) is 4. The molecule has 0 saturated carbocycles. The molecule has 0 saturated heterocycles. The highest BCUT2D eigenvalue weighted by atomic mass is 17.2. The van der Waals surface area contributed by atoms with Crippen molar-refractivity contribution >= 4 is 17.5 Å². The predicted octanol–water partition coefficient (Wildman–Crippen LogP) is -2.15. The average molecular weight is 619 g/mol. The van der Waals surface area contributed by atoms with Crippen LogP contribution >= 0.6 is 0 Å². The lowest BCUT2D eigenvalue weighted by Gasteiger charge is -2.31. The van der Waals surface area contributed by atoms with Crippen LogP contribution in [0.15, 0.2) is 18.2 Å². The Kier molecular flexibility index (Phi) is 15.9. The molecule has 0 aliphatic heterocycles. The molecule has 2 unspecified atom stereocenters. The van der Waals surface area contributed by atoms with E-state index < -0.39 is 79.3 Å². The Hall–Kier alpha value is -2.44. The summed E-state index contributed by atoms with van der Waals surface area (Å²) in [5.41, 5.74) is -0.139. The van der Waals surface area contributed by atoms with Crippen LogP contribution in [0.25, 0.3) is 0 Å². The summed E-state index contributed by atoms with van der Waals surface area (Å²) in [7, 11) is 0. The summed E-state index contributed by atoms with van der Waals surface area (Å²) in [5, 5.41) is 79.2. The van der Waals surface area contributed by atoms with E-state index >= 15 is 0 Å². The minimum atomic E-state index is -1.76. The number of aliphatic hydroxyl groups is 7. The molecule has 0 heterocycles. The fraction of sp³-hybridized carbons (Fsp3) is 0.714. The van der Waals surface area contributed by atoms with Gasteiger partial charge in [0.25, 0.3) is 11.8 Å². The van der Waals surface area contributed by atoms with Crippen molar-refractivity contribution in [3.05, 3.63) is 29.3 Å². The number of benzene rings is 1. The molecule has 0 fully saturated rings. The number of hydrogen-bond donors (Lipinski definition) is 11. The lowest BCUT2D eigenvalue weighted by atomic mass is 10.0. The summed E-state index contributed by atoms with van der Waals surface area (Å²) >= 11 is 0. The maximum absolute atomic E-state index is 13.1. The number of carbonyl (C=O) groups is 2. The second-order valence-corrected chi connectivity index (χ2v) is 12.3. The van der Waals surface area contributed by atoms with Gasteiger partial charge in [-0.3, -0.25) is 9.59 Å². The zero-order chi connectivity index (χ0) is 33.0. The first-order chi connectivity index (χ1) is 19.9. The molecule has 0 aromatic heterocycles. The number of hydrogen-bond acceptors (Lipinski definition) is 13. The van der Waals surface area contributed by atoms with Gasteiger partial charge in [-0.1, -0.05) is 0 Å². The second-order valence-electron chi connectivity index (χ2n) is 12.3. The fourth-order valence-electron chi connectivity index (χ4n) is 3.53. The molecular weight excluding hydrogens is 568 g/mol. The van der Waals surface area contributed by atoms with Gasteiger partial charge >= 0.3 is 0 Å². The quantitative estimate of drug-likeness (QED) is 0.0622. The van der Waals surface area contributed by atoms with Gasteiger partial charge < -0.3 is 57.0 Å². The minimum absolute atomic E-state index is 0.0435. The van der Waals surface area contributed by atoms with Crippen LogP contribution in [0, 0.1) is 0 Å². The van der Waals surface area contributed by atoms with E-state index in [-0.39, 0.29) is 30.8 Å². The summed E-state index contributed by atoms with van der Waals surface area (Å²) in [4.78, 5) is 36.3. The molecule has 1 aromatic carbocycles. The maximum Gasteiger partial charge on any atom is 0.251 e. The molecule has 0 spiro atoms. The lowest BCUT2D eigenvalue weighted by molar-refractivity contribution is -0.368. The van der Waals surface area contributed by atoms with Crippen LogP contribution in [0.2, 0.25) is 0 Å². The van der Waals surface area contributed by atoms with Crippen LogP contribution in [0.5, 0.6) is 0 Å². The molecule has 15 nitrogen and oxygen atoms in total. The Morgan fingerprint density at radius 3 is 1.74 bits per heavy atom. The minimum Gasteiger partial charge on any atom is -0.394 e. The van der Waals surface area contributed by atoms with E-state index in [4.69, 9.17) is 20.0 Å². The van der Waals surface area contributed by atoms with Crippen LogP contribution in [-0.4, -0.2) is 135 Å². The third-order valence-corrected chi connectivity index (χ3v) is 5.84. The zero-order valence-corrected chi connectivity index (χ0v) is 25.7. The van der Waals surface area contributed by atoms with E-state index in [0.717, 1.165) is 0 Å². The molecule has 43 heavy (non-hydrogen) atoms. The zero-order valence-electron chi connectivity index (χ0n) is 25.7. The van der Waals surface area contributed by atoms with E-state index in [1.807, 2.05) is 41.5 Å². The molecule has 248 valence electrons. The predicted molar refractivity (Wildman–Crippen MR) is 157 cm³/mol. The van der Waals surface area contributed by atoms with Gasteiger partial charge in [0, 0.05) is 47.5 Å². The van der Waals surface area contributed by atoms with Crippen LogP contribution in [0.1, 0.15) is 62.3 Å². The fourth-order valence-corrected chi connectivity index (χ4v) is 3.53. The highest BCUT2D eigenvalue weighted by molar-refractivity contribution is 6.01. The van der Waals surface area contributed by atoms with Gasteiger partial charge in [0.05, 0.1) is 25.9 Å². The van der Waals surface area contributed by atoms with E-state index in [2.05, 4.69) is 21.3 Å². The third-order valence-electron chi connectivity index (χ3n) is 5.84. The molecule has 0 aliphatic rings. The number of carbonyl (C=O) groups excluding carboxylic acids is 2. The lowest BCUT2D eigenvalue weighted by Crippen LogP contribution is -2.53. The van der Waals surface area contributed by atoms with Crippen LogP contribution in [0.4, 0.5) is 5.69 Å². The summed E-state index contributed by atoms with van der Waals surface area (Å²) in [6.45, 7) is 8.79. The topological polar surface area (TPSA) is 242 Å². The SMILES string of the molecule is CC(C)(C)NC[C@H](OOC(CO)CNC(=O)c1cc(NC(C)(C)C)cc(C(=O)NCC(O)CO)c1)[C@@H](O)[C@H](O)[C@H](O)CO. The van der Waals surface area contributed by atoms with Gasteiger partial charge in [-0.15, -0.1) is 0 Å². The van der Waals surface area contributed by atoms with Gasteiger partial charge in [-0.05, 0) is 59.7 Å². The Morgan fingerprint density at radius 2 is 1.28 bits per heavy atom. The molecule has 11 N–H and O–H groups in total. The smallest absolute Gasteiger partial charge is 0.251 e. The molecule has 0 radical (unpaired) electrons. The second kappa shape index (κ2) is 17.8. The van der Waals surface area contributed by atoms with Crippen LogP contribution < -0.4 is 21.3 Å². The summed E-state index contributed by atoms with van der Waals surface area (Å²) in [6.07, 6.45) is -8.60. The molecule has 0 bridgehead atoms. The largest absolute Gasteiger partial charge is 0.394 e. The van der Waals surface area contributed by atoms with Crippen molar-refractivity contribution in [3.63, 3.8) is 0 Å². The number of amides is 2. The van der Waals surface area contributed by atoms with Gasteiger partial charge in [0.2, 0.25) is 0 Å². The number of anilines is 1. The Bertz CT molecular complexity index is 1000. The number of aliphatic hydroxyl groups excluding tert-OH is 7. The summed E-state index contributed by atoms with van der Waals surface area (Å²) < 4.78 is 0. The van der Waals surface area contributed by atoms with Crippen LogP contribution in [0.3, 0.4) is 0 Å². The standard InChI is InChI=1S/C28H50N4O11/c1-27(2,3)31-12-22(24(39)23(38)21(37)15-35)43-42-20(14-34)11-30-26(41)17-7-16(25(40)29-10-19(36)13-33)8-18(9-17)32-28(4,5)6/h7-9,19-24,31-39H,10-15H2,1-6H3,(H,29,40)(H,30,41)/t19?,20?,21-,22+,23-,24-/m1/s1. The monoisotopic (exact) mass is 618 g/mol. The van der Waals surface area contributed by atoms with Crippen molar-refractivity contribution < 1.29 is 55.1 Å². The summed E-state index contributed by atoms with van der Waals surface area (Å²) in [6, 6.07) is 4.41. The Balaban J connectivity index is 3.02. The Morgan fingerprint density at radius 1 is 0.721 bits per heavy atom. The van der Waals surface area contributed by atoms with Gasteiger partial charge in [-0.25, -0.2) is 9.78 Å². The molecule has 1 aromatic rings. The van der Waals surface area contributed by atoms with Crippen molar-refractivity contribution in [2.45, 2.75) is 89.2 Å². The first kappa shape index (κ1) is 38.6. The van der Waals surface area contributed by atoms with E-state index in [1.165, 1.54) is 18.2 Å². The molecule has 2 amide bonds. The van der Waals surface area contributed by atoms with Crippen molar-refractivity contribution in [1.29, 1.82) is 0 Å². The van der Waals surface area contributed by atoms with Gasteiger partial charge in [0.15, 0.2) is 0 Å². The molecule has 15 heteroatoms. The molecular formula is C28H50N4O11. The average Bonchev–Trinajstić information content (AvgIpc) is 2.93. The third kappa shape index (κ3) is 14.7. The first-order valence-corrected chi connectivity index (χ1v) is 14.0. The molecule has 0 aliphatic carbocycles. The van der Waals surface area contributed by atoms with Crippen molar-refractivity contribution in [2.75, 3.05) is 44.8 Å². The van der Waals surface area contributed by atoms with Crippen molar-refractivity contribution in [3.8, 4) is 0 Å². The van der Waals surface area contributed by atoms with Gasteiger partial charge in [0.1, 0.15) is 30.5 Å². The normalized spacial score (nSPS) is 16.5. The first-order valence-electron chi connectivity index (χ1n) is 14.0. The van der Waals surface area contributed by atoms with Crippen molar-refractivity contribution in [2.24, 2.45) is 0 Å². The highest BCUT2D eigenvalue weighted by Crippen LogP contribution is 2.20. The summed E-state index contributed by atoms with van der Waals surface area (Å²) in [5.74, 6) is -1.19. The Labute approximate surface area is 252 Å². The van der Waals surface area contributed by atoms with Crippen LogP contribution in [-0.2, 0) is 9.78 Å². The van der Waals surface area contributed by atoms with Crippen molar-refractivity contribution in [1.82, 2.24) is 16.0 Å². The molecule has 6 atom stereocenters. The highest BCUT2D eigenvalue weighted by Gasteiger charge is 2.34. The van der Waals surface area contributed by atoms with E-state index in [1.54, 1.807) is 0 Å². The van der Waals surface area contributed by atoms with E-state index in [9.17, 15) is 35.1 Å². The van der Waals surface area contributed by atoms with E-state index in [0.29, 0.717) is 5.69 Å². The van der Waals surface area contributed by atoms with Gasteiger partial charge in [-0.2, -0.15) is 0 Å². The molecule has 1 rings (SSSR count). The maximum atomic E-state index is 13.1.